The average molecular weight is 332 g/mol. The lowest BCUT2D eigenvalue weighted by atomic mass is 10.1. The first kappa shape index (κ1) is 16.9. The zero-order valence-corrected chi connectivity index (χ0v) is 14.0. The van der Waals surface area contributed by atoms with E-state index in [2.05, 4.69) is 5.32 Å². The number of allylic oxidation sites excluding steroid dienone is 1. The van der Waals surface area contributed by atoms with Crippen LogP contribution in [0.4, 0.5) is 5.69 Å². The van der Waals surface area contributed by atoms with E-state index in [0.717, 1.165) is 11.1 Å². The van der Waals surface area contributed by atoms with Crippen molar-refractivity contribution in [1.82, 2.24) is 0 Å². The second-order valence-corrected chi connectivity index (χ2v) is 5.33. The first-order valence-corrected chi connectivity index (χ1v) is 7.38. The molecule has 5 heteroatoms. The molecule has 1 amide bonds. The summed E-state index contributed by atoms with van der Waals surface area (Å²) >= 11 is 5.82. The van der Waals surface area contributed by atoms with Gasteiger partial charge in [-0.15, -0.1) is 0 Å². The fraction of sp³-hybridized carbons (Fsp3) is 0.167. The van der Waals surface area contributed by atoms with Crippen molar-refractivity contribution in [2.24, 2.45) is 0 Å². The molecule has 0 heterocycles. The van der Waals surface area contributed by atoms with Crippen LogP contribution in [0.2, 0.25) is 5.02 Å². The van der Waals surface area contributed by atoms with Crippen LogP contribution in [-0.4, -0.2) is 20.1 Å². The van der Waals surface area contributed by atoms with Crippen LogP contribution in [0.15, 0.2) is 48.5 Å². The Hall–Kier alpha value is -2.46. The van der Waals surface area contributed by atoms with E-state index in [0.29, 0.717) is 22.2 Å². The van der Waals surface area contributed by atoms with Gasteiger partial charge >= 0.3 is 0 Å². The third-order valence-electron chi connectivity index (χ3n) is 3.29. The largest absolute Gasteiger partial charge is 0.497 e. The quantitative estimate of drug-likeness (QED) is 0.826. The number of ether oxygens (including phenoxy) is 2. The highest BCUT2D eigenvalue weighted by Gasteiger charge is 2.08. The van der Waals surface area contributed by atoms with E-state index in [1.807, 2.05) is 19.1 Å². The highest BCUT2D eigenvalue weighted by Crippen LogP contribution is 2.29. The van der Waals surface area contributed by atoms with Gasteiger partial charge in [-0.3, -0.25) is 4.79 Å². The molecule has 0 spiro atoms. The van der Waals surface area contributed by atoms with Gasteiger partial charge in [0, 0.05) is 28.4 Å². The van der Waals surface area contributed by atoms with Crippen molar-refractivity contribution in [3.63, 3.8) is 0 Å². The SMILES string of the molecule is COc1ccc(/C(C)=C/C(=O)Nc2ccc(Cl)cc2)c(OC)c1. The first-order valence-electron chi connectivity index (χ1n) is 7.00. The van der Waals surface area contributed by atoms with E-state index in [1.165, 1.54) is 6.08 Å². The molecule has 0 fully saturated rings. The summed E-state index contributed by atoms with van der Waals surface area (Å²) in [5.74, 6) is 1.13. The fourth-order valence-electron chi connectivity index (χ4n) is 2.11. The van der Waals surface area contributed by atoms with Crippen LogP contribution in [0, 0.1) is 0 Å². The van der Waals surface area contributed by atoms with Gasteiger partial charge in [0.05, 0.1) is 14.2 Å². The number of nitrogens with one attached hydrogen (secondary N) is 1. The highest BCUT2D eigenvalue weighted by molar-refractivity contribution is 6.30. The molecule has 0 radical (unpaired) electrons. The number of methoxy groups -OCH3 is 2. The molecule has 0 bridgehead atoms. The molecule has 120 valence electrons. The average Bonchev–Trinajstić information content (AvgIpc) is 2.56. The summed E-state index contributed by atoms with van der Waals surface area (Å²) in [5.41, 5.74) is 2.31. The van der Waals surface area contributed by atoms with Crippen molar-refractivity contribution in [3.8, 4) is 11.5 Å². The zero-order valence-electron chi connectivity index (χ0n) is 13.2. The molecule has 1 N–H and O–H groups in total. The molecule has 0 saturated heterocycles. The maximum atomic E-state index is 12.1. The number of benzene rings is 2. The van der Waals surface area contributed by atoms with Crippen molar-refractivity contribution in [2.75, 3.05) is 19.5 Å². The molecular weight excluding hydrogens is 314 g/mol. The highest BCUT2D eigenvalue weighted by atomic mass is 35.5. The molecular formula is C18H18ClNO3. The Morgan fingerprint density at radius 3 is 2.39 bits per heavy atom. The van der Waals surface area contributed by atoms with Gasteiger partial charge in [-0.25, -0.2) is 0 Å². The van der Waals surface area contributed by atoms with Crippen LogP contribution in [-0.2, 0) is 4.79 Å². The Kier molecular flexibility index (Phi) is 5.66. The molecule has 0 unspecified atom stereocenters. The van der Waals surface area contributed by atoms with Crippen molar-refractivity contribution in [3.05, 3.63) is 59.1 Å². The summed E-state index contributed by atoms with van der Waals surface area (Å²) in [6.07, 6.45) is 1.53. The lowest BCUT2D eigenvalue weighted by molar-refractivity contribution is -0.111. The second kappa shape index (κ2) is 7.70. The molecule has 0 aliphatic carbocycles. The topological polar surface area (TPSA) is 47.6 Å². The smallest absolute Gasteiger partial charge is 0.248 e. The maximum absolute atomic E-state index is 12.1. The first-order chi connectivity index (χ1) is 11.0. The van der Waals surface area contributed by atoms with Gasteiger partial charge in [-0.2, -0.15) is 0 Å². The maximum Gasteiger partial charge on any atom is 0.248 e. The van der Waals surface area contributed by atoms with Gasteiger partial charge in [-0.05, 0) is 48.9 Å². The van der Waals surface area contributed by atoms with E-state index in [1.54, 1.807) is 44.6 Å². The molecule has 0 atom stereocenters. The number of hydrogen-bond donors (Lipinski definition) is 1. The fourth-order valence-corrected chi connectivity index (χ4v) is 2.24. The number of carbonyl (C=O) groups excluding carboxylic acids is 1. The minimum absolute atomic E-state index is 0.220. The summed E-state index contributed by atoms with van der Waals surface area (Å²) in [6.45, 7) is 1.85. The van der Waals surface area contributed by atoms with Crippen molar-refractivity contribution < 1.29 is 14.3 Å². The molecule has 2 aromatic carbocycles. The van der Waals surface area contributed by atoms with Crippen molar-refractivity contribution >= 4 is 28.8 Å². The summed E-state index contributed by atoms with van der Waals surface area (Å²) < 4.78 is 10.5. The number of anilines is 1. The van der Waals surface area contributed by atoms with E-state index >= 15 is 0 Å². The Morgan fingerprint density at radius 1 is 1.09 bits per heavy atom. The summed E-state index contributed by atoms with van der Waals surface area (Å²) in [5, 5.41) is 3.41. The number of rotatable bonds is 5. The summed E-state index contributed by atoms with van der Waals surface area (Å²) in [4.78, 5) is 12.1. The van der Waals surface area contributed by atoms with Crippen LogP contribution >= 0.6 is 11.6 Å². The normalized spacial score (nSPS) is 11.0. The number of amides is 1. The molecule has 0 aliphatic heterocycles. The lowest BCUT2D eigenvalue weighted by Gasteiger charge is -2.11. The molecule has 4 nitrogen and oxygen atoms in total. The van der Waals surface area contributed by atoms with E-state index in [9.17, 15) is 4.79 Å². The second-order valence-electron chi connectivity index (χ2n) is 4.89. The number of carbonyl (C=O) groups is 1. The predicted octanol–water partition coefficient (Wildman–Crippen LogP) is 4.40. The molecule has 2 aromatic rings. The van der Waals surface area contributed by atoms with E-state index in [4.69, 9.17) is 21.1 Å². The monoisotopic (exact) mass is 331 g/mol. The van der Waals surface area contributed by atoms with Crippen LogP contribution in [0.25, 0.3) is 5.57 Å². The summed E-state index contributed by atoms with van der Waals surface area (Å²) in [7, 11) is 3.18. The van der Waals surface area contributed by atoms with Gasteiger partial charge in [0.2, 0.25) is 5.91 Å². The van der Waals surface area contributed by atoms with Crippen LogP contribution in [0.1, 0.15) is 12.5 Å². The molecule has 0 saturated carbocycles. The third kappa shape index (κ3) is 4.50. The Balaban J connectivity index is 2.18. The Bertz CT molecular complexity index is 724. The standard InChI is InChI=1S/C18H18ClNO3/c1-12(16-9-8-15(22-2)11-17(16)23-3)10-18(21)20-14-6-4-13(19)5-7-14/h4-11H,1-3H3,(H,20,21)/b12-10+. The number of hydrogen-bond acceptors (Lipinski definition) is 3. The van der Waals surface area contributed by atoms with Crippen molar-refractivity contribution in [1.29, 1.82) is 0 Å². The van der Waals surface area contributed by atoms with E-state index in [-0.39, 0.29) is 5.91 Å². The molecule has 2 rings (SSSR count). The Morgan fingerprint density at radius 2 is 1.78 bits per heavy atom. The lowest BCUT2D eigenvalue weighted by Crippen LogP contribution is -2.08. The minimum atomic E-state index is -0.220. The van der Waals surface area contributed by atoms with Gasteiger partial charge in [0.1, 0.15) is 11.5 Å². The Labute approximate surface area is 140 Å². The van der Waals surface area contributed by atoms with E-state index < -0.39 is 0 Å². The van der Waals surface area contributed by atoms with Gasteiger partial charge in [-0.1, -0.05) is 11.6 Å². The zero-order chi connectivity index (χ0) is 16.8. The molecule has 0 aliphatic rings. The predicted molar refractivity (Wildman–Crippen MR) is 93.3 cm³/mol. The summed E-state index contributed by atoms with van der Waals surface area (Å²) in [6, 6.07) is 12.4. The minimum Gasteiger partial charge on any atom is -0.497 e. The van der Waals surface area contributed by atoms with Crippen LogP contribution < -0.4 is 14.8 Å². The molecule has 23 heavy (non-hydrogen) atoms. The van der Waals surface area contributed by atoms with Gasteiger partial charge < -0.3 is 14.8 Å². The van der Waals surface area contributed by atoms with Crippen molar-refractivity contribution in [2.45, 2.75) is 6.92 Å². The van der Waals surface area contributed by atoms with Gasteiger partial charge in [0.25, 0.3) is 0 Å². The number of halogens is 1. The molecule has 0 aromatic heterocycles. The van der Waals surface area contributed by atoms with Crippen LogP contribution in [0.3, 0.4) is 0 Å². The van der Waals surface area contributed by atoms with Gasteiger partial charge in [0.15, 0.2) is 0 Å². The third-order valence-corrected chi connectivity index (χ3v) is 3.54. The van der Waals surface area contributed by atoms with Crippen LogP contribution in [0.5, 0.6) is 11.5 Å².